The first kappa shape index (κ1) is 9.72. The number of carboxylic acids is 1. The van der Waals surface area contributed by atoms with E-state index in [1.165, 1.54) is 0 Å². The van der Waals surface area contributed by atoms with Gasteiger partial charge in [-0.2, -0.15) is 0 Å². The number of pyridine rings is 2. The summed E-state index contributed by atoms with van der Waals surface area (Å²) in [7, 11) is 0. The third-order valence-corrected chi connectivity index (χ3v) is 2.70. The molecule has 4 nitrogen and oxygen atoms in total. The van der Waals surface area contributed by atoms with E-state index in [2.05, 4.69) is 9.97 Å². The van der Waals surface area contributed by atoms with Gasteiger partial charge in [-0.15, -0.1) is 0 Å². The molecule has 3 aromatic rings. The van der Waals surface area contributed by atoms with Crippen LogP contribution in [0.2, 0.25) is 0 Å². The summed E-state index contributed by atoms with van der Waals surface area (Å²) in [5, 5.41) is 10.9. The minimum Gasteiger partial charge on any atom is -0.478 e. The first-order valence-electron chi connectivity index (χ1n) is 5.13. The molecule has 2 aromatic heterocycles. The van der Waals surface area contributed by atoms with Crippen molar-refractivity contribution in [2.45, 2.75) is 0 Å². The van der Waals surface area contributed by atoms with Crippen LogP contribution in [0.4, 0.5) is 0 Å². The Morgan fingerprint density at radius 2 is 1.76 bits per heavy atom. The van der Waals surface area contributed by atoms with Gasteiger partial charge in [-0.1, -0.05) is 12.1 Å². The summed E-state index contributed by atoms with van der Waals surface area (Å²) in [5.74, 6) is -0.985. The van der Waals surface area contributed by atoms with Crippen LogP contribution in [0.1, 0.15) is 10.4 Å². The fourth-order valence-electron chi connectivity index (χ4n) is 1.97. The molecule has 0 unspecified atom stereocenters. The first-order chi connectivity index (χ1) is 8.27. The van der Waals surface area contributed by atoms with Crippen LogP contribution in [0.25, 0.3) is 21.8 Å². The van der Waals surface area contributed by atoms with Crippen LogP contribution in [0, 0.1) is 0 Å². The van der Waals surface area contributed by atoms with E-state index in [0.717, 1.165) is 10.8 Å². The Hall–Kier alpha value is -2.49. The Morgan fingerprint density at radius 1 is 1.06 bits per heavy atom. The van der Waals surface area contributed by atoms with Crippen molar-refractivity contribution in [3.63, 3.8) is 0 Å². The molecule has 0 aliphatic carbocycles. The van der Waals surface area contributed by atoms with Crippen molar-refractivity contribution in [2.24, 2.45) is 0 Å². The van der Waals surface area contributed by atoms with E-state index in [-0.39, 0.29) is 5.56 Å². The van der Waals surface area contributed by atoms with Crippen LogP contribution in [0.15, 0.2) is 42.7 Å². The lowest BCUT2D eigenvalue weighted by Gasteiger charge is -2.05. The molecule has 2 heterocycles. The molecule has 17 heavy (non-hydrogen) atoms. The van der Waals surface area contributed by atoms with Crippen molar-refractivity contribution in [3.05, 3.63) is 48.3 Å². The Balaban J connectivity index is 2.59. The second kappa shape index (κ2) is 3.52. The van der Waals surface area contributed by atoms with Crippen molar-refractivity contribution in [2.75, 3.05) is 0 Å². The molecule has 0 bridgehead atoms. The van der Waals surface area contributed by atoms with Gasteiger partial charge >= 0.3 is 5.97 Å². The SMILES string of the molecule is O=C(O)c1cc2ncccc2c2cccnc12. The minimum atomic E-state index is -0.985. The molecule has 0 spiro atoms. The second-order valence-electron chi connectivity index (χ2n) is 3.70. The van der Waals surface area contributed by atoms with Gasteiger partial charge in [-0.25, -0.2) is 4.79 Å². The molecule has 0 aliphatic heterocycles. The smallest absolute Gasteiger partial charge is 0.337 e. The lowest BCUT2D eigenvalue weighted by molar-refractivity contribution is 0.0699. The van der Waals surface area contributed by atoms with E-state index in [1.54, 1.807) is 24.5 Å². The maximum atomic E-state index is 11.2. The van der Waals surface area contributed by atoms with Gasteiger partial charge < -0.3 is 5.11 Å². The standard InChI is InChI=1S/C13H8N2O2/c16-13(17)10-7-11-8(3-1-5-14-11)9-4-2-6-15-12(9)10/h1-7H,(H,16,17). The molecule has 82 valence electrons. The highest BCUT2D eigenvalue weighted by molar-refractivity contribution is 6.13. The average Bonchev–Trinajstić information content (AvgIpc) is 2.37. The van der Waals surface area contributed by atoms with E-state index in [0.29, 0.717) is 11.0 Å². The number of aromatic carboxylic acids is 1. The zero-order valence-electron chi connectivity index (χ0n) is 8.79. The monoisotopic (exact) mass is 224 g/mol. The Morgan fingerprint density at radius 3 is 2.53 bits per heavy atom. The average molecular weight is 224 g/mol. The van der Waals surface area contributed by atoms with E-state index < -0.39 is 5.97 Å². The molecule has 3 rings (SSSR count). The fourth-order valence-corrected chi connectivity index (χ4v) is 1.97. The van der Waals surface area contributed by atoms with Crippen molar-refractivity contribution in [1.82, 2.24) is 9.97 Å². The largest absolute Gasteiger partial charge is 0.478 e. The van der Waals surface area contributed by atoms with Gasteiger partial charge in [0.2, 0.25) is 0 Å². The molecule has 0 saturated carbocycles. The topological polar surface area (TPSA) is 63.1 Å². The summed E-state index contributed by atoms with van der Waals surface area (Å²) in [5.41, 5.74) is 1.36. The number of aromatic nitrogens is 2. The molecule has 0 amide bonds. The molecule has 1 aromatic carbocycles. The highest BCUT2D eigenvalue weighted by atomic mass is 16.4. The van der Waals surface area contributed by atoms with Crippen LogP contribution >= 0.6 is 0 Å². The zero-order chi connectivity index (χ0) is 11.8. The predicted octanol–water partition coefficient (Wildman–Crippen LogP) is 2.48. The van der Waals surface area contributed by atoms with Crippen LogP contribution in [0.3, 0.4) is 0 Å². The normalized spacial score (nSPS) is 10.8. The molecule has 0 atom stereocenters. The molecular weight excluding hydrogens is 216 g/mol. The van der Waals surface area contributed by atoms with Gasteiger partial charge in [0.05, 0.1) is 16.6 Å². The van der Waals surface area contributed by atoms with Crippen LogP contribution < -0.4 is 0 Å². The summed E-state index contributed by atoms with van der Waals surface area (Å²) in [4.78, 5) is 19.5. The highest BCUT2D eigenvalue weighted by Crippen LogP contribution is 2.25. The van der Waals surface area contributed by atoms with Crippen LogP contribution in [-0.4, -0.2) is 21.0 Å². The van der Waals surface area contributed by atoms with Crippen LogP contribution in [-0.2, 0) is 0 Å². The number of carbonyl (C=O) groups is 1. The Labute approximate surface area is 96.6 Å². The van der Waals surface area contributed by atoms with Crippen molar-refractivity contribution < 1.29 is 9.90 Å². The number of hydrogen-bond donors (Lipinski definition) is 1. The van der Waals surface area contributed by atoms with Gasteiger partial charge in [0.15, 0.2) is 0 Å². The van der Waals surface area contributed by atoms with Crippen molar-refractivity contribution in [1.29, 1.82) is 0 Å². The molecular formula is C13H8N2O2. The molecule has 0 aliphatic rings. The lowest BCUT2D eigenvalue weighted by atomic mass is 10.0. The molecule has 4 heteroatoms. The number of fused-ring (bicyclic) bond motifs is 3. The summed E-state index contributed by atoms with van der Waals surface area (Å²) >= 11 is 0. The number of nitrogens with zero attached hydrogens (tertiary/aromatic N) is 2. The number of rotatable bonds is 1. The van der Waals surface area contributed by atoms with Gasteiger partial charge in [0, 0.05) is 23.2 Å². The summed E-state index contributed by atoms with van der Waals surface area (Å²) < 4.78 is 0. The quantitative estimate of drug-likeness (QED) is 0.645. The predicted molar refractivity (Wildman–Crippen MR) is 64.0 cm³/mol. The number of benzene rings is 1. The zero-order valence-corrected chi connectivity index (χ0v) is 8.79. The van der Waals surface area contributed by atoms with Gasteiger partial charge in [0.25, 0.3) is 0 Å². The summed E-state index contributed by atoms with van der Waals surface area (Å²) in [6, 6.07) is 8.96. The summed E-state index contributed by atoms with van der Waals surface area (Å²) in [6.07, 6.45) is 3.24. The third kappa shape index (κ3) is 1.42. The van der Waals surface area contributed by atoms with E-state index in [4.69, 9.17) is 0 Å². The lowest BCUT2D eigenvalue weighted by Crippen LogP contribution is -1.99. The molecule has 0 saturated heterocycles. The van der Waals surface area contributed by atoms with Gasteiger partial charge in [0.1, 0.15) is 0 Å². The Kier molecular flexibility index (Phi) is 2.01. The van der Waals surface area contributed by atoms with Gasteiger partial charge in [-0.05, 0) is 18.2 Å². The molecule has 0 radical (unpaired) electrons. The fraction of sp³-hybridized carbons (Fsp3) is 0. The van der Waals surface area contributed by atoms with Crippen molar-refractivity contribution in [3.8, 4) is 0 Å². The van der Waals surface area contributed by atoms with E-state index >= 15 is 0 Å². The van der Waals surface area contributed by atoms with E-state index in [9.17, 15) is 9.90 Å². The highest BCUT2D eigenvalue weighted by Gasteiger charge is 2.12. The number of hydrogen-bond acceptors (Lipinski definition) is 3. The maximum absolute atomic E-state index is 11.2. The van der Waals surface area contributed by atoms with Crippen LogP contribution in [0.5, 0.6) is 0 Å². The Bertz CT molecular complexity index is 738. The number of carboxylic acid groups (broad SMARTS) is 1. The first-order valence-corrected chi connectivity index (χ1v) is 5.13. The van der Waals surface area contributed by atoms with Crippen molar-refractivity contribution >= 4 is 27.8 Å². The maximum Gasteiger partial charge on any atom is 0.337 e. The third-order valence-electron chi connectivity index (χ3n) is 2.70. The minimum absolute atomic E-state index is 0.187. The van der Waals surface area contributed by atoms with Gasteiger partial charge in [-0.3, -0.25) is 9.97 Å². The molecule has 0 fully saturated rings. The summed E-state index contributed by atoms with van der Waals surface area (Å²) in [6.45, 7) is 0. The van der Waals surface area contributed by atoms with E-state index in [1.807, 2.05) is 18.2 Å². The molecule has 1 N–H and O–H groups in total. The second-order valence-corrected chi connectivity index (χ2v) is 3.70.